The van der Waals surface area contributed by atoms with E-state index in [1.54, 1.807) is 0 Å². The Bertz CT molecular complexity index is 382. The van der Waals surface area contributed by atoms with Crippen LogP contribution in [0.2, 0.25) is 0 Å². The fraction of sp³-hybridized carbons (Fsp3) is 0.500. The molecule has 0 aliphatic rings. The van der Waals surface area contributed by atoms with Crippen LogP contribution in [-0.4, -0.2) is 42.7 Å². The molecule has 0 aliphatic carbocycles. The van der Waals surface area contributed by atoms with Crippen LogP contribution >= 0.6 is 0 Å². The Kier molecular flexibility index (Phi) is 6.92. The summed E-state index contributed by atoms with van der Waals surface area (Å²) in [4.78, 5) is 2.16. The molecule has 0 amide bonds. The van der Waals surface area contributed by atoms with E-state index in [2.05, 4.69) is 10.1 Å². The second-order valence-electron chi connectivity index (χ2n) is 4.40. The number of nitrogens with zero attached hydrogens (tertiary/aromatic N) is 2. The molecule has 0 fully saturated rings. The number of amidine groups is 1. The molecule has 0 radical (unpaired) electrons. The molecular formula is C14H23N3O2. The van der Waals surface area contributed by atoms with Gasteiger partial charge in [-0.2, -0.15) is 0 Å². The van der Waals surface area contributed by atoms with Gasteiger partial charge in [-0.25, -0.2) is 0 Å². The Balaban J connectivity index is 2.74. The lowest BCUT2D eigenvalue weighted by atomic mass is 10.0. The van der Waals surface area contributed by atoms with Crippen molar-refractivity contribution >= 4 is 5.84 Å². The molecule has 0 heterocycles. The number of benzene rings is 1. The molecule has 0 bridgehead atoms. The highest BCUT2D eigenvalue weighted by Crippen LogP contribution is 2.22. The number of hydrogen-bond donors (Lipinski definition) is 2. The summed E-state index contributed by atoms with van der Waals surface area (Å²) in [6, 6.07) is 10.1. The number of rotatable bonds is 8. The van der Waals surface area contributed by atoms with E-state index in [4.69, 9.17) is 15.7 Å². The summed E-state index contributed by atoms with van der Waals surface area (Å²) in [6.45, 7) is 4.16. The van der Waals surface area contributed by atoms with Crippen molar-refractivity contribution < 1.29 is 9.94 Å². The molecule has 0 saturated carbocycles. The summed E-state index contributed by atoms with van der Waals surface area (Å²) in [6.07, 6.45) is 0.489. The van der Waals surface area contributed by atoms with Crippen LogP contribution in [0.4, 0.5) is 0 Å². The molecule has 1 unspecified atom stereocenters. The second-order valence-corrected chi connectivity index (χ2v) is 4.40. The maximum atomic E-state index is 8.75. The van der Waals surface area contributed by atoms with Crippen molar-refractivity contribution in [3.05, 3.63) is 35.9 Å². The number of hydrogen-bond acceptors (Lipinski definition) is 4. The third kappa shape index (κ3) is 5.28. The highest BCUT2D eigenvalue weighted by atomic mass is 16.5. The first-order valence-electron chi connectivity index (χ1n) is 6.48. The quantitative estimate of drug-likeness (QED) is 0.247. The number of likely N-dealkylation sites (N-methyl/N-ethyl adjacent to an activating group) is 1. The molecule has 1 atom stereocenters. The maximum absolute atomic E-state index is 8.75. The van der Waals surface area contributed by atoms with Crippen LogP contribution < -0.4 is 5.73 Å². The van der Waals surface area contributed by atoms with Gasteiger partial charge in [-0.05, 0) is 19.5 Å². The molecular weight excluding hydrogens is 242 g/mol. The summed E-state index contributed by atoms with van der Waals surface area (Å²) in [5.74, 6) is 0.233. The molecule has 5 heteroatoms. The third-order valence-corrected chi connectivity index (χ3v) is 3.04. The van der Waals surface area contributed by atoms with Gasteiger partial charge in [-0.3, -0.25) is 4.90 Å². The standard InChI is InChI=1S/C14H23N3O2/c1-3-19-10-9-17(2)13(11-14(15)16-18)12-7-5-4-6-8-12/h4-8,13,18H,3,9-11H2,1-2H3,(H2,15,16). The Morgan fingerprint density at radius 2 is 2.11 bits per heavy atom. The van der Waals surface area contributed by atoms with E-state index in [1.165, 1.54) is 0 Å². The van der Waals surface area contributed by atoms with Gasteiger partial charge >= 0.3 is 0 Å². The molecule has 5 nitrogen and oxygen atoms in total. The molecule has 1 rings (SSSR count). The highest BCUT2D eigenvalue weighted by molar-refractivity contribution is 5.80. The van der Waals surface area contributed by atoms with Crippen LogP contribution in [0.15, 0.2) is 35.5 Å². The van der Waals surface area contributed by atoms with Crippen molar-refractivity contribution in [1.82, 2.24) is 4.90 Å². The molecule has 0 saturated heterocycles. The van der Waals surface area contributed by atoms with Gasteiger partial charge in [0, 0.05) is 25.6 Å². The van der Waals surface area contributed by atoms with E-state index in [0.29, 0.717) is 19.6 Å². The molecule has 0 aliphatic heterocycles. The Morgan fingerprint density at radius 3 is 2.68 bits per heavy atom. The minimum Gasteiger partial charge on any atom is -0.409 e. The Labute approximate surface area is 114 Å². The fourth-order valence-electron chi connectivity index (χ4n) is 1.95. The minimum atomic E-state index is 0.0811. The maximum Gasteiger partial charge on any atom is 0.141 e. The van der Waals surface area contributed by atoms with Crippen LogP contribution in [0, 0.1) is 0 Å². The van der Waals surface area contributed by atoms with Crippen molar-refractivity contribution in [1.29, 1.82) is 0 Å². The largest absolute Gasteiger partial charge is 0.409 e. The summed E-state index contributed by atoms with van der Waals surface area (Å²) < 4.78 is 5.37. The predicted molar refractivity (Wildman–Crippen MR) is 76.3 cm³/mol. The molecule has 3 N–H and O–H groups in total. The molecule has 0 spiro atoms. The zero-order chi connectivity index (χ0) is 14.1. The lowest BCUT2D eigenvalue weighted by Crippen LogP contribution is -2.31. The highest BCUT2D eigenvalue weighted by Gasteiger charge is 2.18. The van der Waals surface area contributed by atoms with E-state index in [1.807, 2.05) is 44.3 Å². The number of oxime groups is 1. The summed E-state index contributed by atoms with van der Waals surface area (Å²) >= 11 is 0. The van der Waals surface area contributed by atoms with Gasteiger partial charge in [0.1, 0.15) is 5.84 Å². The second kappa shape index (κ2) is 8.50. The van der Waals surface area contributed by atoms with Gasteiger partial charge in [0.15, 0.2) is 0 Å². The molecule has 0 aromatic heterocycles. The number of ether oxygens (including phenoxy) is 1. The normalized spacial score (nSPS) is 13.7. The first-order valence-corrected chi connectivity index (χ1v) is 6.48. The smallest absolute Gasteiger partial charge is 0.141 e. The SMILES string of the molecule is CCOCCN(C)C(C/C(N)=N/O)c1ccccc1. The topological polar surface area (TPSA) is 71.1 Å². The van der Waals surface area contributed by atoms with E-state index in [-0.39, 0.29) is 11.9 Å². The van der Waals surface area contributed by atoms with Crippen molar-refractivity contribution in [3.8, 4) is 0 Å². The van der Waals surface area contributed by atoms with Gasteiger partial charge in [0.25, 0.3) is 0 Å². The van der Waals surface area contributed by atoms with Crippen LogP contribution in [0.5, 0.6) is 0 Å². The minimum absolute atomic E-state index is 0.0811. The molecule has 106 valence electrons. The third-order valence-electron chi connectivity index (χ3n) is 3.04. The lowest BCUT2D eigenvalue weighted by molar-refractivity contribution is 0.108. The van der Waals surface area contributed by atoms with Gasteiger partial charge in [0.05, 0.1) is 6.61 Å². The molecule has 1 aromatic rings. The van der Waals surface area contributed by atoms with Gasteiger partial charge in [-0.15, -0.1) is 0 Å². The summed E-state index contributed by atoms with van der Waals surface area (Å²) in [7, 11) is 2.02. The summed E-state index contributed by atoms with van der Waals surface area (Å²) in [5, 5.41) is 11.8. The first-order chi connectivity index (χ1) is 9.19. The molecule has 19 heavy (non-hydrogen) atoms. The van der Waals surface area contributed by atoms with Crippen molar-refractivity contribution in [3.63, 3.8) is 0 Å². The van der Waals surface area contributed by atoms with Crippen LogP contribution in [0.25, 0.3) is 0 Å². The van der Waals surface area contributed by atoms with E-state index in [0.717, 1.165) is 12.1 Å². The molecule has 1 aromatic carbocycles. The average molecular weight is 265 g/mol. The van der Waals surface area contributed by atoms with Crippen molar-refractivity contribution in [2.75, 3.05) is 26.8 Å². The Morgan fingerprint density at radius 1 is 1.42 bits per heavy atom. The Hall–Kier alpha value is -1.59. The first kappa shape index (κ1) is 15.5. The monoisotopic (exact) mass is 265 g/mol. The van der Waals surface area contributed by atoms with Crippen LogP contribution in [-0.2, 0) is 4.74 Å². The van der Waals surface area contributed by atoms with Gasteiger partial charge in [0.2, 0.25) is 0 Å². The van der Waals surface area contributed by atoms with Gasteiger partial charge in [-0.1, -0.05) is 35.5 Å². The predicted octanol–water partition coefficient (Wildman–Crippen LogP) is 1.83. The fourth-order valence-corrected chi connectivity index (χ4v) is 1.95. The number of nitrogens with two attached hydrogens (primary N) is 1. The van der Waals surface area contributed by atoms with Crippen molar-refractivity contribution in [2.45, 2.75) is 19.4 Å². The zero-order valence-electron chi connectivity index (χ0n) is 11.6. The van der Waals surface area contributed by atoms with Crippen molar-refractivity contribution in [2.24, 2.45) is 10.9 Å². The average Bonchev–Trinajstić information content (AvgIpc) is 2.45. The van der Waals surface area contributed by atoms with E-state index >= 15 is 0 Å². The van der Waals surface area contributed by atoms with Crippen LogP contribution in [0.1, 0.15) is 24.9 Å². The van der Waals surface area contributed by atoms with Crippen LogP contribution in [0.3, 0.4) is 0 Å². The van der Waals surface area contributed by atoms with Gasteiger partial charge < -0.3 is 15.7 Å². The lowest BCUT2D eigenvalue weighted by Gasteiger charge is -2.28. The zero-order valence-corrected chi connectivity index (χ0v) is 11.6. The van der Waals surface area contributed by atoms with E-state index < -0.39 is 0 Å². The van der Waals surface area contributed by atoms with E-state index in [9.17, 15) is 0 Å². The summed E-state index contributed by atoms with van der Waals surface area (Å²) in [5.41, 5.74) is 6.79.